The summed E-state index contributed by atoms with van der Waals surface area (Å²) in [6.07, 6.45) is 7.19. The first kappa shape index (κ1) is 15.1. The molecule has 1 aromatic heterocycles. The van der Waals surface area contributed by atoms with Crippen LogP contribution in [-0.2, 0) is 4.79 Å². The highest BCUT2D eigenvalue weighted by molar-refractivity contribution is 6.11. The van der Waals surface area contributed by atoms with Crippen LogP contribution in [-0.4, -0.2) is 21.3 Å². The van der Waals surface area contributed by atoms with Gasteiger partial charge in [-0.1, -0.05) is 18.2 Å². The molecule has 4 nitrogen and oxygen atoms in total. The van der Waals surface area contributed by atoms with Crippen LogP contribution in [0.5, 0.6) is 0 Å². The third-order valence-electron chi connectivity index (χ3n) is 4.81. The van der Waals surface area contributed by atoms with Gasteiger partial charge in [-0.2, -0.15) is 5.10 Å². The summed E-state index contributed by atoms with van der Waals surface area (Å²) < 4.78 is 1.76. The highest BCUT2D eigenvalue weighted by Crippen LogP contribution is 2.42. The Morgan fingerprint density at radius 1 is 1.08 bits per heavy atom. The van der Waals surface area contributed by atoms with E-state index in [-0.39, 0.29) is 17.5 Å². The smallest absolute Gasteiger partial charge is 0.189 e. The van der Waals surface area contributed by atoms with E-state index in [1.807, 2.05) is 37.3 Å². The van der Waals surface area contributed by atoms with Crippen LogP contribution >= 0.6 is 0 Å². The van der Waals surface area contributed by atoms with Crippen molar-refractivity contribution in [3.63, 3.8) is 0 Å². The summed E-state index contributed by atoms with van der Waals surface area (Å²) >= 11 is 0. The summed E-state index contributed by atoms with van der Waals surface area (Å²) in [6, 6.07) is 9.74. The topological polar surface area (TPSA) is 52.0 Å². The van der Waals surface area contributed by atoms with Crippen molar-refractivity contribution in [3.05, 3.63) is 59.4 Å². The molecule has 1 heterocycles. The van der Waals surface area contributed by atoms with Crippen molar-refractivity contribution in [2.75, 3.05) is 0 Å². The van der Waals surface area contributed by atoms with Gasteiger partial charge in [-0.25, -0.2) is 4.68 Å². The van der Waals surface area contributed by atoms with E-state index in [1.165, 1.54) is 0 Å². The summed E-state index contributed by atoms with van der Waals surface area (Å²) in [4.78, 5) is 25.1. The Morgan fingerprint density at radius 2 is 1.75 bits per heavy atom. The fraction of sp³-hybridized carbons (Fsp3) is 0.350. The van der Waals surface area contributed by atoms with E-state index >= 15 is 0 Å². The number of ketones is 2. The van der Waals surface area contributed by atoms with Gasteiger partial charge in [0.25, 0.3) is 0 Å². The van der Waals surface area contributed by atoms with Gasteiger partial charge in [0.15, 0.2) is 11.6 Å². The van der Waals surface area contributed by atoms with Crippen molar-refractivity contribution in [2.24, 2.45) is 11.8 Å². The summed E-state index contributed by atoms with van der Waals surface area (Å²) in [5.41, 5.74) is 3.04. The molecule has 2 aliphatic rings. The highest BCUT2D eigenvalue weighted by atomic mass is 16.1. The van der Waals surface area contributed by atoms with E-state index in [0.717, 1.165) is 42.6 Å². The number of benzene rings is 1. The molecule has 2 saturated carbocycles. The van der Waals surface area contributed by atoms with Crippen LogP contribution in [0.1, 0.15) is 41.7 Å². The molecule has 0 aliphatic heterocycles. The Balaban J connectivity index is 1.63. The van der Waals surface area contributed by atoms with Gasteiger partial charge < -0.3 is 0 Å². The first-order chi connectivity index (χ1) is 11.6. The second-order valence-corrected chi connectivity index (χ2v) is 6.77. The maximum Gasteiger partial charge on any atom is 0.189 e. The maximum atomic E-state index is 12.7. The van der Waals surface area contributed by atoms with E-state index in [2.05, 4.69) is 5.10 Å². The Morgan fingerprint density at radius 3 is 2.38 bits per heavy atom. The summed E-state index contributed by atoms with van der Waals surface area (Å²) in [5, 5.41) is 4.35. The molecule has 4 heteroatoms. The molecule has 0 saturated heterocycles. The lowest BCUT2D eigenvalue weighted by Gasteiger charge is -2.05. The van der Waals surface area contributed by atoms with E-state index in [0.29, 0.717) is 11.5 Å². The summed E-state index contributed by atoms with van der Waals surface area (Å²) in [7, 11) is 0. The quantitative estimate of drug-likeness (QED) is 0.602. The van der Waals surface area contributed by atoms with Gasteiger partial charge in [0.2, 0.25) is 0 Å². The van der Waals surface area contributed by atoms with Crippen molar-refractivity contribution in [1.29, 1.82) is 0 Å². The molecule has 0 spiro atoms. The van der Waals surface area contributed by atoms with Crippen LogP contribution in [0.2, 0.25) is 0 Å². The molecule has 4 rings (SSSR count). The van der Waals surface area contributed by atoms with Crippen LogP contribution in [0.4, 0.5) is 0 Å². The average Bonchev–Trinajstić information content (AvgIpc) is 3.50. The van der Waals surface area contributed by atoms with Gasteiger partial charge in [-0.3, -0.25) is 9.59 Å². The lowest BCUT2D eigenvalue weighted by Crippen LogP contribution is -2.10. The van der Waals surface area contributed by atoms with Gasteiger partial charge in [0.05, 0.1) is 23.1 Å². The lowest BCUT2D eigenvalue weighted by molar-refractivity contribution is -0.116. The van der Waals surface area contributed by atoms with E-state index in [4.69, 9.17) is 0 Å². The predicted octanol–water partition coefficient (Wildman–Crippen LogP) is 3.68. The Bertz CT molecular complexity index is 825. The Hall–Kier alpha value is -2.49. The number of carbonyl (C=O) groups excluding carboxylic acids is 2. The maximum absolute atomic E-state index is 12.7. The first-order valence-corrected chi connectivity index (χ1v) is 8.55. The standard InChI is InChI=1S/C20H20N2O2/c1-13-18(12-21-22(13)16-5-3-2-4-6-16)19(23)11-17(14-7-8-14)20(24)15-9-10-15/h2-6,11-12,14-15H,7-10H2,1H3/b17-11-. The third kappa shape index (κ3) is 2.84. The molecule has 2 fully saturated rings. The van der Waals surface area contributed by atoms with Crippen molar-refractivity contribution >= 4 is 11.6 Å². The van der Waals surface area contributed by atoms with Gasteiger partial charge >= 0.3 is 0 Å². The number of carbonyl (C=O) groups is 2. The number of hydrogen-bond donors (Lipinski definition) is 0. The zero-order valence-electron chi connectivity index (χ0n) is 13.7. The fourth-order valence-corrected chi connectivity index (χ4v) is 3.07. The fourth-order valence-electron chi connectivity index (χ4n) is 3.07. The minimum atomic E-state index is -0.106. The van der Waals surface area contributed by atoms with Crippen molar-refractivity contribution < 1.29 is 9.59 Å². The molecule has 0 N–H and O–H groups in total. The van der Waals surface area contributed by atoms with Crippen LogP contribution in [0.15, 0.2) is 48.2 Å². The average molecular weight is 320 g/mol. The normalized spacial score (nSPS) is 17.8. The molecule has 2 aliphatic carbocycles. The molecule has 0 bridgehead atoms. The van der Waals surface area contributed by atoms with Crippen molar-refractivity contribution in [2.45, 2.75) is 32.6 Å². The second kappa shape index (κ2) is 5.86. The number of Topliss-reactive ketones (excluding diaryl/α,β-unsaturated/α-hetero) is 1. The molecule has 0 amide bonds. The predicted molar refractivity (Wildman–Crippen MR) is 91.2 cm³/mol. The molecular weight excluding hydrogens is 300 g/mol. The lowest BCUT2D eigenvalue weighted by atomic mass is 9.99. The van der Waals surface area contributed by atoms with Crippen LogP contribution in [0.25, 0.3) is 5.69 Å². The molecule has 122 valence electrons. The number of para-hydroxylation sites is 1. The monoisotopic (exact) mass is 320 g/mol. The Kier molecular flexibility index (Phi) is 3.68. The molecule has 1 aromatic carbocycles. The zero-order chi connectivity index (χ0) is 16.7. The molecular formula is C20H20N2O2. The Labute approximate surface area is 141 Å². The number of hydrogen-bond acceptors (Lipinski definition) is 3. The zero-order valence-corrected chi connectivity index (χ0v) is 13.7. The minimum absolute atomic E-state index is 0.106. The molecule has 0 radical (unpaired) electrons. The van der Waals surface area contributed by atoms with E-state index in [1.54, 1.807) is 17.0 Å². The van der Waals surface area contributed by atoms with Gasteiger partial charge in [0, 0.05) is 11.5 Å². The van der Waals surface area contributed by atoms with Crippen LogP contribution < -0.4 is 0 Å². The molecule has 24 heavy (non-hydrogen) atoms. The van der Waals surface area contributed by atoms with Gasteiger partial charge in [-0.15, -0.1) is 0 Å². The highest BCUT2D eigenvalue weighted by Gasteiger charge is 2.38. The van der Waals surface area contributed by atoms with Crippen LogP contribution in [0.3, 0.4) is 0 Å². The van der Waals surface area contributed by atoms with E-state index < -0.39 is 0 Å². The van der Waals surface area contributed by atoms with Crippen molar-refractivity contribution in [3.8, 4) is 5.69 Å². The van der Waals surface area contributed by atoms with Crippen LogP contribution in [0, 0.1) is 18.8 Å². The van der Waals surface area contributed by atoms with Gasteiger partial charge in [-0.05, 0) is 56.7 Å². The van der Waals surface area contributed by atoms with Crippen molar-refractivity contribution in [1.82, 2.24) is 9.78 Å². The minimum Gasteiger partial charge on any atom is -0.294 e. The summed E-state index contributed by atoms with van der Waals surface area (Å²) in [5.74, 6) is 0.550. The SMILES string of the molecule is Cc1c(C(=O)/C=C(\C(=O)C2CC2)C2CC2)cnn1-c1ccccc1. The molecule has 0 atom stereocenters. The number of nitrogens with zero attached hydrogens (tertiary/aromatic N) is 2. The third-order valence-corrected chi connectivity index (χ3v) is 4.81. The second-order valence-electron chi connectivity index (χ2n) is 6.77. The number of aromatic nitrogens is 2. The summed E-state index contributed by atoms with van der Waals surface area (Å²) in [6.45, 7) is 1.89. The molecule has 0 unspecified atom stereocenters. The number of rotatable bonds is 6. The van der Waals surface area contributed by atoms with Gasteiger partial charge in [0.1, 0.15) is 0 Å². The molecule has 2 aromatic rings. The number of allylic oxidation sites excluding steroid dienone is 2. The largest absolute Gasteiger partial charge is 0.294 e. The first-order valence-electron chi connectivity index (χ1n) is 8.55. The van der Waals surface area contributed by atoms with E-state index in [9.17, 15) is 9.59 Å².